The summed E-state index contributed by atoms with van der Waals surface area (Å²) < 4.78 is 10.1. The molecular weight excluding hydrogens is 232 g/mol. The van der Waals surface area contributed by atoms with Crippen molar-refractivity contribution in [1.82, 2.24) is 0 Å². The fourth-order valence-corrected chi connectivity index (χ4v) is 1.47. The van der Waals surface area contributed by atoms with Crippen molar-refractivity contribution in [2.75, 3.05) is 6.61 Å². The van der Waals surface area contributed by atoms with Gasteiger partial charge in [-0.3, -0.25) is 9.59 Å². The Balaban J connectivity index is 2.34. The molecule has 1 unspecified atom stereocenters. The van der Waals surface area contributed by atoms with E-state index in [1.807, 2.05) is 37.3 Å². The first kappa shape index (κ1) is 14.2. The van der Waals surface area contributed by atoms with Crippen LogP contribution in [0.15, 0.2) is 30.3 Å². The molecule has 0 spiro atoms. The number of hydrogen-bond acceptors (Lipinski definition) is 4. The van der Waals surface area contributed by atoms with Gasteiger partial charge in [-0.2, -0.15) is 0 Å². The average molecular weight is 250 g/mol. The SMILES string of the molecule is CCC(COC(=O)Cc1ccccc1)OC(C)=O. The Labute approximate surface area is 107 Å². The Morgan fingerprint density at radius 3 is 2.44 bits per heavy atom. The smallest absolute Gasteiger partial charge is 0.310 e. The van der Waals surface area contributed by atoms with Gasteiger partial charge in [-0.15, -0.1) is 0 Å². The normalized spacial score (nSPS) is 11.7. The highest BCUT2D eigenvalue weighted by Gasteiger charge is 2.13. The van der Waals surface area contributed by atoms with Crippen LogP contribution in [0.3, 0.4) is 0 Å². The third-order valence-corrected chi connectivity index (χ3v) is 2.41. The molecule has 4 nitrogen and oxygen atoms in total. The van der Waals surface area contributed by atoms with Crippen molar-refractivity contribution in [3.05, 3.63) is 35.9 Å². The molecular formula is C14H18O4. The Bertz CT molecular complexity index is 386. The highest BCUT2D eigenvalue weighted by Crippen LogP contribution is 2.03. The standard InChI is InChI=1S/C14H18O4/c1-3-13(18-11(2)15)10-17-14(16)9-12-7-5-4-6-8-12/h4-8,13H,3,9-10H2,1-2H3. The molecule has 0 N–H and O–H groups in total. The van der Waals surface area contributed by atoms with Crippen LogP contribution in [0.4, 0.5) is 0 Å². The maximum Gasteiger partial charge on any atom is 0.310 e. The zero-order valence-electron chi connectivity index (χ0n) is 10.7. The molecule has 0 fully saturated rings. The minimum Gasteiger partial charge on any atom is -0.461 e. The number of hydrogen-bond donors (Lipinski definition) is 0. The van der Waals surface area contributed by atoms with Gasteiger partial charge in [0.1, 0.15) is 12.7 Å². The van der Waals surface area contributed by atoms with E-state index in [0.717, 1.165) is 5.56 Å². The first-order chi connectivity index (χ1) is 8.61. The van der Waals surface area contributed by atoms with Crippen molar-refractivity contribution in [3.63, 3.8) is 0 Å². The Morgan fingerprint density at radius 2 is 1.89 bits per heavy atom. The number of rotatable bonds is 6. The second-order valence-corrected chi connectivity index (χ2v) is 3.99. The van der Waals surface area contributed by atoms with Gasteiger partial charge in [0, 0.05) is 6.92 Å². The van der Waals surface area contributed by atoms with E-state index in [0.29, 0.717) is 6.42 Å². The molecule has 98 valence electrons. The second kappa shape index (κ2) is 7.48. The van der Waals surface area contributed by atoms with Crippen LogP contribution in [0.25, 0.3) is 0 Å². The summed E-state index contributed by atoms with van der Waals surface area (Å²) in [6.07, 6.45) is 0.498. The highest BCUT2D eigenvalue weighted by molar-refractivity contribution is 5.72. The fraction of sp³-hybridized carbons (Fsp3) is 0.429. The summed E-state index contributed by atoms with van der Waals surface area (Å²) in [6, 6.07) is 9.37. The number of benzene rings is 1. The third-order valence-electron chi connectivity index (χ3n) is 2.41. The van der Waals surface area contributed by atoms with Gasteiger partial charge >= 0.3 is 11.9 Å². The Kier molecular flexibility index (Phi) is 5.91. The lowest BCUT2D eigenvalue weighted by Crippen LogP contribution is -2.24. The van der Waals surface area contributed by atoms with Gasteiger partial charge < -0.3 is 9.47 Å². The molecule has 0 bridgehead atoms. The molecule has 1 aromatic rings. The van der Waals surface area contributed by atoms with Crippen LogP contribution in [-0.2, 0) is 25.5 Å². The van der Waals surface area contributed by atoms with Crippen LogP contribution in [0.2, 0.25) is 0 Å². The van der Waals surface area contributed by atoms with E-state index < -0.39 is 0 Å². The van der Waals surface area contributed by atoms with E-state index in [4.69, 9.17) is 9.47 Å². The summed E-state index contributed by atoms with van der Waals surface area (Å²) in [5, 5.41) is 0. The number of carbonyl (C=O) groups is 2. The molecule has 4 heteroatoms. The molecule has 0 saturated carbocycles. The van der Waals surface area contributed by atoms with E-state index in [1.165, 1.54) is 6.92 Å². The summed E-state index contributed by atoms with van der Waals surface area (Å²) in [6.45, 7) is 3.33. The van der Waals surface area contributed by atoms with Crippen molar-refractivity contribution in [2.24, 2.45) is 0 Å². The maximum absolute atomic E-state index is 11.6. The third kappa shape index (κ3) is 5.48. The van der Waals surface area contributed by atoms with Crippen LogP contribution in [0.5, 0.6) is 0 Å². The van der Waals surface area contributed by atoms with Crippen molar-refractivity contribution in [2.45, 2.75) is 32.8 Å². The Hall–Kier alpha value is -1.84. The molecule has 18 heavy (non-hydrogen) atoms. The lowest BCUT2D eigenvalue weighted by molar-refractivity contribution is -0.157. The first-order valence-electron chi connectivity index (χ1n) is 5.98. The number of ether oxygens (including phenoxy) is 2. The van der Waals surface area contributed by atoms with Crippen LogP contribution in [-0.4, -0.2) is 24.6 Å². The summed E-state index contributed by atoms with van der Waals surface area (Å²) in [4.78, 5) is 22.3. The van der Waals surface area contributed by atoms with Crippen LogP contribution in [0.1, 0.15) is 25.8 Å². The lowest BCUT2D eigenvalue weighted by atomic mass is 10.2. The molecule has 0 heterocycles. The van der Waals surface area contributed by atoms with E-state index in [-0.39, 0.29) is 31.1 Å². The van der Waals surface area contributed by atoms with Crippen molar-refractivity contribution >= 4 is 11.9 Å². The van der Waals surface area contributed by atoms with Gasteiger partial charge in [-0.1, -0.05) is 37.3 Å². The van der Waals surface area contributed by atoms with Crippen molar-refractivity contribution in [1.29, 1.82) is 0 Å². The molecule has 0 aliphatic carbocycles. The average Bonchev–Trinajstić information content (AvgIpc) is 2.35. The first-order valence-corrected chi connectivity index (χ1v) is 5.98. The topological polar surface area (TPSA) is 52.6 Å². The van der Waals surface area contributed by atoms with E-state index in [1.54, 1.807) is 0 Å². The Morgan fingerprint density at radius 1 is 1.22 bits per heavy atom. The van der Waals surface area contributed by atoms with Crippen LogP contribution < -0.4 is 0 Å². The fourth-order valence-electron chi connectivity index (χ4n) is 1.47. The van der Waals surface area contributed by atoms with Gasteiger partial charge in [0.2, 0.25) is 0 Å². The highest BCUT2D eigenvalue weighted by atomic mass is 16.6. The molecule has 0 aliphatic heterocycles. The van der Waals surface area contributed by atoms with Crippen molar-refractivity contribution < 1.29 is 19.1 Å². The zero-order chi connectivity index (χ0) is 13.4. The maximum atomic E-state index is 11.6. The van der Waals surface area contributed by atoms with Crippen LogP contribution >= 0.6 is 0 Å². The molecule has 1 atom stereocenters. The monoisotopic (exact) mass is 250 g/mol. The summed E-state index contributed by atoms with van der Waals surface area (Å²) in [7, 11) is 0. The summed E-state index contributed by atoms with van der Waals surface area (Å²) in [5.74, 6) is -0.673. The van der Waals surface area contributed by atoms with E-state index in [9.17, 15) is 9.59 Å². The van der Waals surface area contributed by atoms with Gasteiger partial charge in [-0.05, 0) is 12.0 Å². The molecule has 0 radical (unpaired) electrons. The number of esters is 2. The minimum atomic E-state index is -0.360. The van der Waals surface area contributed by atoms with Gasteiger partial charge in [0.05, 0.1) is 6.42 Å². The quantitative estimate of drug-likeness (QED) is 0.726. The number of carbonyl (C=O) groups excluding carboxylic acids is 2. The molecule has 0 saturated heterocycles. The minimum absolute atomic E-state index is 0.113. The predicted octanol–water partition coefficient (Wildman–Crippen LogP) is 2.11. The summed E-state index contributed by atoms with van der Waals surface area (Å²) in [5.41, 5.74) is 0.906. The van der Waals surface area contributed by atoms with Crippen LogP contribution in [0, 0.1) is 0 Å². The lowest BCUT2D eigenvalue weighted by Gasteiger charge is -2.15. The summed E-state index contributed by atoms with van der Waals surface area (Å²) >= 11 is 0. The van der Waals surface area contributed by atoms with Gasteiger partial charge in [0.15, 0.2) is 0 Å². The molecule has 0 amide bonds. The van der Waals surface area contributed by atoms with Crippen molar-refractivity contribution in [3.8, 4) is 0 Å². The molecule has 1 aromatic carbocycles. The zero-order valence-corrected chi connectivity index (χ0v) is 10.7. The van der Waals surface area contributed by atoms with E-state index >= 15 is 0 Å². The molecule has 1 rings (SSSR count). The predicted molar refractivity (Wildman–Crippen MR) is 67.0 cm³/mol. The second-order valence-electron chi connectivity index (χ2n) is 3.99. The van der Waals surface area contributed by atoms with Gasteiger partial charge in [-0.25, -0.2) is 0 Å². The molecule has 0 aromatic heterocycles. The van der Waals surface area contributed by atoms with E-state index in [2.05, 4.69) is 0 Å². The molecule has 0 aliphatic rings. The largest absolute Gasteiger partial charge is 0.461 e. The van der Waals surface area contributed by atoms with Gasteiger partial charge in [0.25, 0.3) is 0 Å².